The molecule has 0 radical (unpaired) electrons. The molecule has 2 unspecified atom stereocenters. The zero-order valence-electron chi connectivity index (χ0n) is 22.7. The first-order valence-corrected chi connectivity index (χ1v) is 13.6. The second-order valence-corrected chi connectivity index (χ2v) is 11.4. The molecule has 204 valence electrons. The van der Waals surface area contributed by atoms with Gasteiger partial charge in [0.05, 0.1) is 0 Å². The molecule has 0 bridgehead atoms. The number of likely N-dealkylation sites (tertiary alicyclic amines) is 1. The van der Waals surface area contributed by atoms with Gasteiger partial charge in [-0.3, -0.25) is 4.79 Å². The molecule has 1 aliphatic carbocycles. The zero-order valence-corrected chi connectivity index (χ0v) is 22.7. The topological polar surface area (TPSA) is 99.8 Å². The van der Waals surface area contributed by atoms with Crippen LogP contribution in [-0.4, -0.2) is 46.7 Å². The number of anilines is 1. The van der Waals surface area contributed by atoms with Gasteiger partial charge in [-0.1, -0.05) is 55.0 Å². The molecule has 1 saturated heterocycles. The van der Waals surface area contributed by atoms with Crippen LogP contribution in [0.5, 0.6) is 0 Å². The van der Waals surface area contributed by atoms with Gasteiger partial charge in [-0.2, -0.15) is 0 Å². The molecule has 2 fully saturated rings. The predicted octanol–water partition coefficient (Wildman–Crippen LogP) is 5.45. The van der Waals surface area contributed by atoms with Crippen LogP contribution in [0.3, 0.4) is 0 Å². The maximum atomic E-state index is 13.8. The summed E-state index contributed by atoms with van der Waals surface area (Å²) < 4.78 is 5.44. The Hall–Kier alpha value is -3.55. The molecule has 3 N–H and O–H groups in total. The van der Waals surface area contributed by atoms with E-state index in [9.17, 15) is 14.4 Å². The normalized spacial score (nSPS) is 22.8. The van der Waals surface area contributed by atoms with Crippen molar-refractivity contribution in [2.75, 3.05) is 11.9 Å². The van der Waals surface area contributed by atoms with Gasteiger partial charge in [0.2, 0.25) is 5.91 Å². The first-order valence-electron chi connectivity index (χ1n) is 13.6. The highest BCUT2D eigenvalue weighted by molar-refractivity contribution is 5.91. The number of benzene rings is 2. The third kappa shape index (κ3) is 6.85. The number of hydrogen-bond acceptors (Lipinski definition) is 4. The van der Waals surface area contributed by atoms with Crippen molar-refractivity contribution in [2.24, 2.45) is 5.92 Å². The largest absolute Gasteiger partial charge is 0.444 e. The summed E-state index contributed by atoms with van der Waals surface area (Å²) in [4.78, 5) is 41.1. The number of rotatable bonds is 7. The van der Waals surface area contributed by atoms with E-state index in [1.807, 2.05) is 86.3 Å². The molecule has 0 aromatic heterocycles. The fourth-order valence-corrected chi connectivity index (χ4v) is 5.97. The van der Waals surface area contributed by atoms with Crippen LogP contribution in [0.15, 0.2) is 60.7 Å². The van der Waals surface area contributed by atoms with E-state index in [2.05, 4.69) is 16.0 Å². The van der Waals surface area contributed by atoms with E-state index < -0.39 is 17.2 Å². The van der Waals surface area contributed by atoms with Gasteiger partial charge in [-0.05, 0) is 70.1 Å². The summed E-state index contributed by atoms with van der Waals surface area (Å²) in [5, 5.41) is 9.01. The lowest BCUT2D eigenvalue weighted by Crippen LogP contribution is -2.56. The minimum Gasteiger partial charge on any atom is -0.444 e. The van der Waals surface area contributed by atoms with Crippen LogP contribution in [-0.2, 0) is 16.1 Å². The molecule has 4 amide bonds. The molecule has 1 aliphatic heterocycles. The van der Waals surface area contributed by atoms with E-state index in [1.165, 1.54) is 0 Å². The summed E-state index contributed by atoms with van der Waals surface area (Å²) >= 11 is 0. The van der Waals surface area contributed by atoms with Crippen molar-refractivity contribution in [1.82, 2.24) is 15.5 Å². The molecule has 38 heavy (non-hydrogen) atoms. The highest BCUT2D eigenvalue weighted by atomic mass is 16.6. The Labute approximate surface area is 225 Å². The summed E-state index contributed by atoms with van der Waals surface area (Å²) in [5.41, 5.74) is 0.753. The second kappa shape index (κ2) is 11.9. The smallest absolute Gasteiger partial charge is 0.407 e. The molecule has 1 heterocycles. The molecule has 1 saturated carbocycles. The van der Waals surface area contributed by atoms with Gasteiger partial charge in [0.15, 0.2) is 0 Å². The van der Waals surface area contributed by atoms with Crippen molar-refractivity contribution in [3.63, 3.8) is 0 Å². The quantitative estimate of drug-likeness (QED) is 0.452. The number of hydrogen-bond donors (Lipinski definition) is 3. The molecular weight excluding hydrogens is 480 g/mol. The summed E-state index contributed by atoms with van der Waals surface area (Å²) in [6.45, 7) is 6.39. The van der Waals surface area contributed by atoms with Gasteiger partial charge in [0, 0.05) is 36.8 Å². The average Bonchev–Trinajstić information content (AvgIpc) is 3.45. The Bertz CT molecular complexity index is 1100. The monoisotopic (exact) mass is 520 g/mol. The van der Waals surface area contributed by atoms with Crippen LogP contribution in [0.4, 0.5) is 15.3 Å². The Kier molecular flexibility index (Phi) is 8.59. The lowest BCUT2D eigenvalue weighted by atomic mass is 9.84. The van der Waals surface area contributed by atoms with Crippen molar-refractivity contribution >= 4 is 23.7 Å². The van der Waals surface area contributed by atoms with Crippen molar-refractivity contribution in [2.45, 2.75) is 83.0 Å². The first kappa shape index (κ1) is 27.5. The summed E-state index contributed by atoms with van der Waals surface area (Å²) in [7, 11) is 0. The van der Waals surface area contributed by atoms with Crippen LogP contribution in [0.2, 0.25) is 0 Å². The van der Waals surface area contributed by atoms with Gasteiger partial charge in [-0.15, -0.1) is 0 Å². The van der Waals surface area contributed by atoms with E-state index in [4.69, 9.17) is 4.74 Å². The minimum absolute atomic E-state index is 0.0742. The number of carbonyl (C=O) groups excluding carboxylic acids is 3. The standard InChI is InChI=1S/C30H40N4O4/c1-29(2,3)38-28(37)32-21-23-13-10-17-30(23)18-16-25(19-26(35)31-20-22-11-6-4-7-12-22)34(30)27(36)33-24-14-8-5-9-15-24/h4-9,11-12,14-15,23,25H,10,13,16-21H2,1-3H3,(H,31,35)(H,32,37)(H,33,36)/t23-,25?,30?/m0/s1. The third-order valence-corrected chi connectivity index (χ3v) is 7.57. The fraction of sp³-hybridized carbons (Fsp3) is 0.500. The summed E-state index contributed by atoms with van der Waals surface area (Å²) in [6, 6.07) is 18.8. The van der Waals surface area contributed by atoms with Gasteiger partial charge < -0.3 is 25.6 Å². The molecule has 8 nitrogen and oxygen atoms in total. The molecule has 2 aromatic carbocycles. The van der Waals surface area contributed by atoms with Crippen LogP contribution < -0.4 is 16.0 Å². The predicted molar refractivity (Wildman–Crippen MR) is 148 cm³/mol. The molecule has 3 atom stereocenters. The van der Waals surface area contributed by atoms with Crippen LogP contribution in [0.25, 0.3) is 0 Å². The molecular formula is C30H40N4O4. The highest BCUT2D eigenvalue weighted by Crippen LogP contribution is 2.50. The zero-order chi connectivity index (χ0) is 27.2. The number of ether oxygens (including phenoxy) is 1. The number of nitrogens with zero attached hydrogens (tertiary/aromatic N) is 1. The molecule has 2 aromatic rings. The second-order valence-electron chi connectivity index (χ2n) is 11.4. The fourth-order valence-electron chi connectivity index (χ4n) is 5.97. The maximum absolute atomic E-state index is 13.8. The molecule has 1 spiro atoms. The number of carbonyl (C=O) groups is 3. The number of alkyl carbamates (subject to hydrolysis) is 1. The van der Waals surface area contributed by atoms with Crippen molar-refractivity contribution in [3.8, 4) is 0 Å². The Morgan fingerprint density at radius 2 is 1.63 bits per heavy atom. The molecule has 4 rings (SSSR count). The van der Waals surface area contributed by atoms with E-state index in [0.717, 1.165) is 37.7 Å². The van der Waals surface area contributed by atoms with Crippen molar-refractivity contribution in [3.05, 3.63) is 66.2 Å². The maximum Gasteiger partial charge on any atom is 0.407 e. The molecule has 8 heteroatoms. The van der Waals surface area contributed by atoms with E-state index in [1.54, 1.807) is 0 Å². The van der Waals surface area contributed by atoms with E-state index in [-0.39, 0.29) is 30.3 Å². The summed E-state index contributed by atoms with van der Waals surface area (Å²) in [6.07, 6.45) is 4.03. The number of nitrogens with one attached hydrogen (secondary N) is 3. The molecule has 2 aliphatic rings. The lowest BCUT2D eigenvalue weighted by Gasteiger charge is -2.43. The van der Waals surface area contributed by atoms with Crippen molar-refractivity contribution in [1.29, 1.82) is 0 Å². The Balaban J connectivity index is 1.49. The van der Waals surface area contributed by atoms with E-state index >= 15 is 0 Å². The Morgan fingerprint density at radius 1 is 0.947 bits per heavy atom. The minimum atomic E-state index is -0.579. The number of amides is 4. The van der Waals surface area contributed by atoms with Crippen LogP contribution in [0.1, 0.15) is 64.9 Å². The van der Waals surface area contributed by atoms with Crippen LogP contribution >= 0.6 is 0 Å². The van der Waals surface area contributed by atoms with Crippen molar-refractivity contribution < 1.29 is 19.1 Å². The van der Waals surface area contributed by atoms with Crippen LogP contribution in [0, 0.1) is 5.92 Å². The first-order chi connectivity index (χ1) is 18.2. The van der Waals surface area contributed by atoms with Gasteiger partial charge in [0.1, 0.15) is 5.60 Å². The number of urea groups is 1. The van der Waals surface area contributed by atoms with Gasteiger partial charge in [-0.25, -0.2) is 9.59 Å². The number of para-hydroxylation sites is 1. The average molecular weight is 521 g/mol. The SMILES string of the molecule is CC(C)(C)OC(=O)NC[C@@H]1CCCC12CCC(CC(=O)NCc1ccccc1)N2C(=O)Nc1ccccc1. The lowest BCUT2D eigenvalue weighted by molar-refractivity contribution is -0.122. The van der Waals surface area contributed by atoms with Gasteiger partial charge >= 0.3 is 12.1 Å². The third-order valence-electron chi connectivity index (χ3n) is 7.57. The van der Waals surface area contributed by atoms with E-state index in [0.29, 0.717) is 18.8 Å². The highest BCUT2D eigenvalue weighted by Gasteiger charge is 2.55. The summed E-state index contributed by atoms with van der Waals surface area (Å²) in [5.74, 6) is 0.00348. The Morgan fingerprint density at radius 3 is 2.32 bits per heavy atom. The van der Waals surface area contributed by atoms with Gasteiger partial charge in [0.25, 0.3) is 0 Å².